The Kier molecular flexibility index (Phi) is 5.49. The molecule has 34 heavy (non-hydrogen) atoms. The topological polar surface area (TPSA) is 87.7 Å². The molecular weight excluding hydrogens is 465 g/mol. The molecule has 1 unspecified atom stereocenters. The van der Waals surface area contributed by atoms with Gasteiger partial charge >= 0.3 is 15.5 Å². The fourth-order valence-corrected chi connectivity index (χ4v) is 4.94. The summed E-state index contributed by atoms with van der Waals surface area (Å²) in [5.41, 5.74) is 0.0305. The molecule has 5 rings (SSSR count). The summed E-state index contributed by atoms with van der Waals surface area (Å²) in [6.45, 7) is 0. The molecule has 0 fully saturated rings. The van der Waals surface area contributed by atoms with Crippen molar-refractivity contribution in [1.82, 2.24) is 19.7 Å². The first-order valence-corrected chi connectivity index (χ1v) is 12.0. The second-order valence-electron chi connectivity index (χ2n) is 7.98. The zero-order valence-electron chi connectivity index (χ0n) is 17.7. The van der Waals surface area contributed by atoms with Crippen LogP contribution >= 0.6 is 0 Å². The summed E-state index contributed by atoms with van der Waals surface area (Å²) in [5.74, 6) is 0.679. The Bertz CT molecular complexity index is 1440. The fraction of sp³-hybridized carbons (Fsp3) is 0.167. The van der Waals surface area contributed by atoms with Gasteiger partial charge < -0.3 is 4.98 Å². The second-order valence-corrected chi connectivity index (χ2v) is 9.69. The van der Waals surface area contributed by atoms with Crippen LogP contribution < -0.4 is 4.72 Å². The van der Waals surface area contributed by atoms with E-state index in [0.29, 0.717) is 23.5 Å². The minimum absolute atomic E-state index is 0.251. The molecule has 0 radical (unpaired) electrons. The molecule has 2 aromatic carbocycles. The van der Waals surface area contributed by atoms with E-state index in [1.165, 1.54) is 0 Å². The number of fused-ring (bicyclic) bond motifs is 1. The average molecular weight is 485 g/mol. The Morgan fingerprint density at radius 3 is 2.38 bits per heavy atom. The van der Waals surface area contributed by atoms with Gasteiger partial charge in [0.2, 0.25) is 0 Å². The van der Waals surface area contributed by atoms with Gasteiger partial charge in [0.1, 0.15) is 5.82 Å². The van der Waals surface area contributed by atoms with Gasteiger partial charge in [0.15, 0.2) is 0 Å². The van der Waals surface area contributed by atoms with Crippen LogP contribution in [0.1, 0.15) is 23.6 Å². The number of hydrogen-bond donors (Lipinski definition) is 2. The van der Waals surface area contributed by atoms with Gasteiger partial charge in [-0.05, 0) is 42.2 Å². The third-order valence-electron chi connectivity index (χ3n) is 5.82. The van der Waals surface area contributed by atoms with Gasteiger partial charge in [0.25, 0.3) is 0 Å². The Morgan fingerprint density at radius 1 is 0.941 bits per heavy atom. The summed E-state index contributed by atoms with van der Waals surface area (Å²) in [6, 6.07) is 17.7. The first kappa shape index (κ1) is 22.3. The van der Waals surface area contributed by atoms with E-state index in [1.54, 1.807) is 29.2 Å². The Labute approximate surface area is 194 Å². The number of alkyl halides is 3. The maximum absolute atomic E-state index is 12.8. The van der Waals surface area contributed by atoms with Crippen LogP contribution in [-0.4, -0.2) is 28.9 Å². The normalized spacial score (nSPS) is 15.9. The largest absolute Gasteiger partial charge is 0.511 e. The molecule has 4 aromatic rings. The maximum Gasteiger partial charge on any atom is 0.511 e. The zero-order chi connectivity index (χ0) is 23.9. The molecule has 2 N–H and O–H groups in total. The lowest BCUT2D eigenvalue weighted by Crippen LogP contribution is -2.38. The predicted octanol–water partition coefficient (Wildman–Crippen LogP) is 5.23. The van der Waals surface area contributed by atoms with Crippen LogP contribution in [0, 0.1) is 0 Å². The van der Waals surface area contributed by atoms with Crippen LogP contribution in [0.5, 0.6) is 0 Å². The molecule has 0 bridgehead atoms. The number of nitrogens with zero attached hydrogens (tertiary/aromatic N) is 2. The Hall–Kier alpha value is -3.50. The molecule has 2 heterocycles. The van der Waals surface area contributed by atoms with Crippen molar-refractivity contribution in [1.29, 1.82) is 0 Å². The van der Waals surface area contributed by atoms with E-state index >= 15 is 0 Å². The molecule has 1 aliphatic carbocycles. The predicted molar refractivity (Wildman–Crippen MR) is 122 cm³/mol. The highest BCUT2D eigenvalue weighted by Crippen LogP contribution is 2.38. The van der Waals surface area contributed by atoms with Gasteiger partial charge in [-0.2, -0.15) is 17.9 Å². The van der Waals surface area contributed by atoms with Gasteiger partial charge in [0, 0.05) is 35.1 Å². The lowest BCUT2D eigenvalue weighted by molar-refractivity contribution is -0.0451. The van der Waals surface area contributed by atoms with Gasteiger partial charge in [0.05, 0.1) is 11.4 Å². The number of rotatable bonds is 5. The molecule has 2 aromatic heterocycles. The van der Waals surface area contributed by atoms with Crippen LogP contribution in [0.25, 0.3) is 33.9 Å². The highest BCUT2D eigenvalue weighted by atomic mass is 32.2. The van der Waals surface area contributed by atoms with E-state index in [-0.39, 0.29) is 6.42 Å². The smallest absolute Gasteiger partial charge is 0.337 e. The molecule has 1 atom stereocenters. The summed E-state index contributed by atoms with van der Waals surface area (Å²) >= 11 is 0. The third kappa shape index (κ3) is 4.10. The minimum Gasteiger partial charge on any atom is -0.337 e. The SMILES string of the molecule is O=S(=O)(NC1CCc2cc(-c3nc(-c4ccccc4)[nH]c3-c3ccncc3)ccc21)C(F)(F)F. The summed E-state index contributed by atoms with van der Waals surface area (Å²) in [6.07, 6.45) is 4.07. The molecule has 0 aliphatic heterocycles. The summed E-state index contributed by atoms with van der Waals surface area (Å²) < 4.78 is 63.5. The number of aromatic amines is 1. The Balaban J connectivity index is 1.54. The third-order valence-corrected chi connectivity index (χ3v) is 7.02. The number of H-pyrrole nitrogens is 1. The van der Waals surface area contributed by atoms with Crippen molar-refractivity contribution in [3.05, 3.63) is 84.2 Å². The van der Waals surface area contributed by atoms with Crippen LogP contribution in [0.3, 0.4) is 0 Å². The second kappa shape index (κ2) is 8.37. The van der Waals surface area contributed by atoms with Crippen molar-refractivity contribution in [3.63, 3.8) is 0 Å². The van der Waals surface area contributed by atoms with Crippen molar-refractivity contribution in [2.45, 2.75) is 24.4 Å². The van der Waals surface area contributed by atoms with E-state index < -0.39 is 21.6 Å². The van der Waals surface area contributed by atoms with Crippen LogP contribution in [0.15, 0.2) is 73.1 Å². The van der Waals surface area contributed by atoms with Crippen LogP contribution in [0.2, 0.25) is 0 Å². The van der Waals surface area contributed by atoms with E-state index in [0.717, 1.165) is 27.9 Å². The Morgan fingerprint density at radius 2 is 1.68 bits per heavy atom. The molecule has 0 saturated carbocycles. The number of sulfonamides is 1. The highest BCUT2D eigenvalue weighted by molar-refractivity contribution is 7.90. The molecule has 0 saturated heterocycles. The zero-order valence-corrected chi connectivity index (χ0v) is 18.5. The van der Waals surface area contributed by atoms with E-state index in [4.69, 9.17) is 4.98 Å². The molecule has 10 heteroatoms. The lowest BCUT2D eigenvalue weighted by atomic mass is 10.0. The number of imidazole rings is 1. The van der Waals surface area contributed by atoms with E-state index in [9.17, 15) is 21.6 Å². The number of aryl methyl sites for hydroxylation is 1. The quantitative estimate of drug-likeness (QED) is 0.406. The fourth-order valence-electron chi connectivity index (χ4n) is 4.18. The van der Waals surface area contributed by atoms with Crippen molar-refractivity contribution in [2.24, 2.45) is 0 Å². The number of halogens is 3. The van der Waals surface area contributed by atoms with Crippen LogP contribution in [-0.2, 0) is 16.4 Å². The van der Waals surface area contributed by atoms with Crippen molar-refractivity contribution < 1.29 is 21.6 Å². The minimum atomic E-state index is -5.43. The molecule has 0 spiro atoms. The molecule has 1 aliphatic rings. The van der Waals surface area contributed by atoms with Crippen LogP contribution in [0.4, 0.5) is 13.2 Å². The first-order valence-electron chi connectivity index (χ1n) is 10.5. The number of aromatic nitrogens is 3. The summed E-state index contributed by atoms with van der Waals surface area (Å²) in [7, 11) is -5.43. The van der Waals surface area contributed by atoms with Crippen molar-refractivity contribution >= 4 is 10.0 Å². The van der Waals surface area contributed by atoms with E-state index in [1.807, 2.05) is 48.5 Å². The lowest BCUT2D eigenvalue weighted by Gasteiger charge is -2.16. The first-order chi connectivity index (χ1) is 16.2. The standard InChI is InChI=1S/C24H19F3N4O2S/c25-24(26,27)34(32,33)31-20-9-7-17-14-18(6-8-19(17)20)22-21(15-10-12-28-13-11-15)29-23(30-22)16-4-2-1-3-5-16/h1-6,8,10-14,20,31H,7,9H2,(H,29,30). The molecule has 0 amide bonds. The molecule has 174 valence electrons. The highest BCUT2D eigenvalue weighted by Gasteiger charge is 2.47. The average Bonchev–Trinajstić information content (AvgIpc) is 3.44. The number of nitrogens with one attached hydrogen (secondary N) is 2. The summed E-state index contributed by atoms with van der Waals surface area (Å²) in [4.78, 5) is 12.3. The van der Waals surface area contributed by atoms with Gasteiger partial charge in [-0.25, -0.2) is 13.4 Å². The summed E-state index contributed by atoms with van der Waals surface area (Å²) in [5, 5.41) is 0. The van der Waals surface area contributed by atoms with Gasteiger partial charge in [-0.15, -0.1) is 0 Å². The number of hydrogen-bond acceptors (Lipinski definition) is 4. The maximum atomic E-state index is 12.8. The molecule has 6 nitrogen and oxygen atoms in total. The molecular formula is C24H19F3N4O2S. The number of benzene rings is 2. The number of pyridine rings is 1. The van der Waals surface area contributed by atoms with Gasteiger partial charge in [-0.1, -0.05) is 42.5 Å². The van der Waals surface area contributed by atoms with Crippen molar-refractivity contribution in [2.75, 3.05) is 0 Å². The van der Waals surface area contributed by atoms with Crippen molar-refractivity contribution in [3.8, 4) is 33.9 Å². The monoisotopic (exact) mass is 484 g/mol. The van der Waals surface area contributed by atoms with Gasteiger partial charge in [-0.3, -0.25) is 4.98 Å². The van der Waals surface area contributed by atoms with E-state index in [2.05, 4.69) is 9.97 Å².